The summed E-state index contributed by atoms with van der Waals surface area (Å²) in [4.78, 5) is 11.1. The molecule has 50 valence electrons. The molecule has 0 N–H and O–H groups in total. The average molecular weight is 133 g/mol. The molecule has 1 rings (SSSR count). The normalized spacial score (nSPS) is 8.70. The average Bonchev–Trinajstić information content (AvgIpc) is 2.03. The van der Waals surface area contributed by atoms with E-state index in [4.69, 9.17) is 6.57 Å². The van der Waals surface area contributed by atoms with Gasteiger partial charge in [-0.3, -0.25) is 9.97 Å². The molecule has 0 spiro atoms. The van der Waals surface area contributed by atoms with Gasteiger partial charge in [0, 0.05) is 18.6 Å². The molecule has 3 nitrogen and oxygen atoms in total. The molecule has 0 aromatic carbocycles. The summed E-state index contributed by atoms with van der Waals surface area (Å²) in [6.45, 7) is 7.03. The summed E-state index contributed by atoms with van der Waals surface area (Å²) < 4.78 is 0. The van der Waals surface area contributed by atoms with E-state index in [0.29, 0.717) is 13.0 Å². The molecule has 1 aromatic heterocycles. The SMILES string of the molecule is [C-]#[N+]CCc1cnccn1. The maximum Gasteiger partial charge on any atom is 0.220 e. The topological polar surface area (TPSA) is 30.1 Å². The van der Waals surface area contributed by atoms with Crippen molar-refractivity contribution >= 4 is 0 Å². The first kappa shape index (κ1) is 6.69. The molecular formula is C7H7N3. The van der Waals surface area contributed by atoms with Crippen molar-refractivity contribution in [3.05, 3.63) is 35.7 Å². The minimum absolute atomic E-state index is 0.499. The lowest BCUT2D eigenvalue weighted by atomic mass is 10.3. The van der Waals surface area contributed by atoms with Crippen molar-refractivity contribution in [1.82, 2.24) is 9.97 Å². The molecule has 0 unspecified atom stereocenters. The van der Waals surface area contributed by atoms with Gasteiger partial charge in [-0.2, -0.15) is 0 Å². The van der Waals surface area contributed by atoms with Crippen molar-refractivity contribution in [2.45, 2.75) is 6.42 Å². The summed E-state index contributed by atoms with van der Waals surface area (Å²) in [7, 11) is 0. The Kier molecular flexibility index (Phi) is 2.39. The summed E-state index contributed by atoms with van der Waals surface area (Å²) in [5, 5.41) is 0. The summed E-state index contributed by atoms with van der Waals surface area (Å²) in [5.74, 6) is 0. The zero-order valence-electron chi connectivity index (χ0n) is 5.49. The third-order valence-corrected chi connectivity index (χ3v) is 1.10. The smallest absolute Gasteiger partial charge is 0.220 e. The lowest BCUT2D eigenvalue weighted by Crippen LogP contribution is -1.91. The van der Waals surface area contributed by atoms with E-state index in [1.165, 1.54) is 0 Å². The maximum atomic E-state index is 6.53. The van der Waals surface area contributed by atoms with Crippen LogP contribution in [-0.4, -0.2) is 16.5 Å². The van der Waals surface area contributed by atoms with Gasteiger partial charge >= 0.3 is 0 Å². The number of nitrogens with zero attached hydrogens (tertiary/aromatic N) is 3. The van der Waals surface area contributed by atoms with Gasteiger partial charge in [0.1, 0.15) is 0 Å². The fraction of sp³-hybridized carbons (Fsp3) is 0.286. The highest BCUT2D eigenvalue weighted by atomic mass is 14.8. The van der Waals surface area contributed by atoms with Gasteiger partial charge in [-0.25, -0.2) is 6.57 Å². The Labute approximate surface area is 59.6 Å². The Bertz CT molecular complexity index is 224. The van der Waals surface area contributed by atoms with Crippen LogP contribution >= 0.6 is 0 Å². The number of rotatable bonds is 2. The molecule has 3 heteroatoms. The predicted molar refractivity (Wildman–Crippen MR) is 37.2 cm³/mol. The number of hydrogen-bond acceptors (Lipinski definition) is 2. The molecule has 0 amide bonds. The van der Waals surface area contributed by atoms with Crippen LogP contribution in [0.5, 0.6) is 0 Å². The molecule has 10 heavy (non-hydrogen) atoms. The van der Waals surface area contributed by atoms with Crippen molar-refractivity contribution in [2.75, 3.05) is 6.54 Å². The lowest BCUT2D eigenvalue weighted by Gasteiger charge is -1.89. The standard InChI is InChI=1S/C7H7N3/c1-8-3-2-7-6-9-4-5-10-7/h4-6H,2-3H2. The molecular weight excluding hydrogens is 126 g/mol. The van der Waals surface area contributed by atoms with Gasteiger partial charge in [-0.05, 0) is 0 Å². The minimum atomic E-state index is 0.499. The van der Waals surface area contributed by atoms with Gasteiger partial charge in [0.05, 0.1) is 12.1 Å². The quantitative estimate of drug-likeness (QED) is 0.562. The zero-order valence-corrected chi connectivity index (χ0v) is 5.49. The van der Waals surface area contributed by atoms with Crippen LogP contribution in [0.1, 0.15) is 5.69 Å². The van der Waals surface area contributed by atoms with Crippen LogP contribution < -0.4 is 0 Å². The van der Waals surface area contributed by atoms with E-state index in [-0.39, 0.29) is 0 Å². The Morgan fingerprint density at radius 3 is 3.00 bits per heavy atom. The van der Waals surface area contributed by atoms with Crippen LogP contribution in [0.4, 0.5) is 0 Å². The Balaban J connectivity index is 2.52. The highest BCUT2D eigenvalue weighted by Crippen LogP contribution is 1.90. The van der Waals surface area contributed by atoms with E-state index in [1.54, 1.807) is 18.6 Å². The molecule has 0 aliphatic rings. The molecule has 0 aliphatic carbocycles. The Hall–Kier alpha value is -1.43. The molecule has 0 atom stereocenters. The molecule has 0 aliphatic heterocycles. The van der Waals surface area contributed by atoms with E-state index in [0.717, 1.165) is 5.69 Å². The summed E-state index contributed by atoms with van der Waals surface area (Å²) in [5.41, 5.74) is 0.888. The highest BCUT2D eigenvalue weighted by Gasteiger charge is 1.92. The second-order valence-corrected chi connectivity index (χ2v) is 1.83. The van der Waals surface area contributed by atoms with Crippen LogP contribution in [0.25, 0.3) is 4.85 Å². The van der Waals surface area contributed by atoms with Crippen LogP contribution in [-0.2, 0) is 6.42 Å². The summed E-state index contributed by atoms with van der Waals surface area (Å²) in [6.07, 6.45) is 5.66. The molecule has 0 saturated heterocycles. The van der Waals surface area contributed by atoms with Crippen LogP contribution in [0, 0.1) is 6.57 Å². The molecule has 0 fully saturated rings. The highest BCUT2D eigenvalue weighted by molar-refractivity contribution is 4.95. The van der Waals surface area contributed by atoms with Crippen molar-refractivity contribution in [2.24, 2.45) is 0 Å². The van der Waals surface area contributed by atoms with Crippen molar-refractivity contribution in [3.63, 3.8) is 0 Å². The number of hydrogen-bond donors (Lipinski definition) is 0. The first-order valence-electron chi connectivity index (χ1n) is 3.01. The van der Waals surface area contributed by atoms with Crippen molar-refractivity contribution < 1.29 is 0 Å². The lowest BCUT2D eigenvalue weighted by molar-refractivity contribution is 0.971. The van der Waals surface area contributed by atoms with Gasteiger partial charge in [-0.1, -0.05) is 0 Å². The van der Waals surface area contributed by atoms with Gasteiger partial charge in [0.2, 0.25) is 6.54 Å². The van der Waals surface area contributed by atoms with Crippen LogP contribution in [0.15, 0.2) is 18.6 Å². The second-order valence-electron chi connectivity index (χ2n) is 1.83. The first-order chi connectivity index (χ1) is 4.93. The fourth-order valence-electron chi connectivity index (χ4n) is 0.630. The van der Waals surface area contributed by atoms with E-state index in [1.807, 2.05) is 0 Å². The first-order valence-corrected chi connectivity index (χ1v) is 3.01. The van der Waals surface area contributed by atoms with Gasteiger partial charge < -0.3 is 4.85 Å². The summed E-state index contributed by atoms with van der Waals surface area (Å²) in [6, 6.07) is 0. The van der Waals surface area contributed by atoms with E-state index < -0.39 is 0 Å². The van der Waals surface area contributed by atoms with Gasteiger partial charge in [0.15, 0.2) is 0 Å². The Morgan fingerprint density at radius 2 is 2.40 bits per heavy atom. The Morgan fingerprint density at radius 1 is 1.50 bits per heavy atom. The minimum Gasteiger partial charge on any atom is -0.317 e. The van der Waals surface area contributed by atoms with Gasteiger partial charge in [0.25, 0.3) is 0 Å². The van der Waals surface area contributed by atoms with E-state index in [9.17, 15) is 0 Å². The third kappa shape index (κ3) is 1.82. The molecule has 0 bridgehead atoms. The molecule has 1 heterocycles. The molecule has 0 radical (unpaired) electrons. The van der Waals surface area contributed by atoms with Gasteiger partial charge in [-0.15, -0.1) is 0 Å². The monoisotopic (exact) mass is 133 g/mol. The number of aromatic nitrogens is 2. The predicted octanol–water partition coefficient (Wildman–Crippen LogP) is 0.938. The largest absolute Gasteiger partial charge is 0.317 e. The third-order valence-electron chi connectivity index (χ3n) is 1.10. The van der Waals surface area contributed by atoms with Crippen molar-refractivity contribution in [3.8, 4) is 0 Å². The van der Waals surface area contributed by atoms with Crippen LogP contribution in [0.3, 0.4) is 0 Å². The molecule has 0 saturated carbocycles. The summed E-state index contributed by atoms with van der Waals surface area (Å²) >= 11 is 0. The zero-order chi connectivity index (χ0) is 7.23. The van der Waals surface area contributed by atoms with Crippen LogP contribution in [0.2, 0.25) is 0 Å². The second kappa shape index (κ2) is 3.57. The fourth-order valence-corrected chi connectivity index (χ4v) is 0.630. The van der Waals surface area contributed by atoms with E-state index in [2.05, 4.69) is 14.8 Å². The van der Waals surface area contributed by atoms with Crippen molar-refractivity contribution in [1.29, 1.82) is 0 Å². The van der Waals surface area contributed by atoms with E-state index >= 15 is 0 Å². The maximum absolute atomic E-state index is 6.53. The molecule has 1 aromatic rings.